The Morgan fingerprint density at radius 3 is 2.65 bits per heavy atom. The highest BCUT2D eigenvalue weighted by molar-refractivity contribution is 4.99. The fourth-order valence-electron chi connectivity index (χ4n) is 3.96. The van der Waals surface area contributed by atoms with Gasteiger partial charge in [0.05, 0.1) is 6.61 Å². The van der Waals surface area contributed by atoms with Crippen molar-refractivity contribution in [1.29, 1.82) is 0 Å². The summed E-state index contributed by atoms with van der Waals surface area (Å²) in [7, 11) is 0. The molecular weight excluding hydrogens is 248 g/mol. The molecule has 20 heavy (non-hydrogen) atoms. The molecule has 2 aliphatic rings. The van der Waals surface area contributed by atoms with Crippen LogP contribution in [0.25, 0.3) is 0 Å². The molecule has 1 aliphatic heterocycles. The number of rotatable bonds is 6. The van der Waals surface area contributed by atoms with Gasteiger partial charge in [0.1, 0.15) is 0 Å². The van der Waals surface area contributed by atoms with Crippen molar-refractivity contribution in [2.45, 2.75) is 70.9 Å². The molecule has 0 amide bonds. The number of hydrogen-bond acceptors (Lipinski definition) is 3. The van der Waals surface area contributed by atoms with E-state index >= 15 is 0 Å². The molecule has 0 bridgehead atoms. The van der Waals surface area contributed by atoms with E-state index in [9.17, 15) is 0 Å². The summed E-state index contributed by atoms with van der Waals surface area (Å²) in [6.45, 7) is 12.0. The van der Waals surface area contributed by atoms with Gasteiger partial charge in [-0.25, -0.2) is 0 Å². The van der Waals surface area contributed by atoms with E-state index in [1.165, 1.54) is 51.6 Å². The fourth-order valence-corrected chi connectivity index (χ4v) is 3.96. The van der Waals surface area contributed by atoms with Crippen LogP contribution in [0.1, 0.15) is 59.3 Å². The first-order valence-electron chi connectivity index (χ1n) is 8.72. The molecule has 2 rings (SSSR count). The summed E-state index contributed by atoms with van der Waals surface area (Å²) in [5.41, 5.74) is 0.415. The Kier molecular flexibility index (Phi) is 6.31. The average Bonchev–Trinajstić information content (AvgIpc) is 2.43. The summed E-state index contributed by atoms with van der Waals surface area (Å²) in [5.74, 6) is 0.775. The van der Waals surface area contributed by atoms with Crippen LogP contribution in [0.15, 0.2) is 0 Å². The van der Waals surface area contributed by atoms with Crippen molar-refractivity contribution >= 4 is 0 Å². The van der Waals surface area contributed by atoms with Crippen LogP contribution in [0.4, 0.5) is 0 Å². The van der Waals surface area contributed by atoms with Crippen LogP contribution in [0.5, 0.6) is 0 Å². The van der Waals surface area contributed by atoms with Crippen LogP contribution < -0.4 is 5.32 Å². The number of piperazine rings is 1. The number of nitrogens with one attached hydrogen (secondary N) is 1. The maximum atomic E-state index is 5.60. The van der Waals surface area contributed by atoms with Crippen molar-refractivity contribution in [3.63, 3.8) is 0 Å². The van der Waals surface area contributed by atoms with Crippen molar-refractivity contribution < 1.29 is 4.74 Å². The topological polar surface area (TPSA) is 24.5 Å². The summed E-state index contributed by atoms with van der Waals surface area (Å²) in [6.07, 6.45) is 8.27. The molecule has 3 nitrogen and oxygen atoms in total. The number of hydrogen-bond donors (Lipinski definition) is 1. The second kappa shape index (κ2) is 7.77. The number of ether oxygens (including phenoxy) is 1. The summed E-state index contributed by atoms with van der Waals surface area (Å²) < 4.78 is 5.60. The first kappa shape index (κ1) is 16.3. The second-order valence-electron chi connectivity index (χ2n) is 7.17. The largest absolute Gasteiger partial charge is 0.380 e. The Hall–Kier alpha value is -0.120. The summed E-state index contributed by atoms with van der Waals surface area (Å²) in [6, 6.07) is 0.697. The van der Waals surface area contributed by atoms with Gasteiger partial charge in [0.15, 0.2) is 0 Å². The van der Waals surface area contributed by atoms with E-state index in [4.69, 9.17) is 4.74 Å². The first-order valence-corrected chi connectivity index (χ1v) is 8.72. The minimum absolute atomic E-state index is 0.415. The lowest BCUT2D eigenvalue weighted by Gasteiger charge is -2.50. The predicted octanol–water partition coefficient (Wildman–Crippen LogP) is 3.05. The SMILES string of the molecule is CCOCCN1CC2(CCCCC2)NCC1CC(C)C. The van der Waals surface area contributed by atoms with Gasteiger partial charge in [0, 0.05) is 37.8 Å². The lowest BCUT2D eigenvalue weighted by Crippen LogP contribution is -2.65. The molecule has 0 aromatic carbocycles. The van der Waals surface area contributed by atoms with E-state index in [1.54, 1.807) is 0 Å². The van der Waals surface area contributed by atoms with Gasteiger partial charge < -0.3 is 10.1 Å². The fraction of sp³-hybridized carbons (Fsp3) is 1.00. The predicted molar refractivity (Wildman–Crippen MR) is 85.1 cm³/mol. The van der Waals surface area contributed by atoms with Gasteiger partial charge in [0.2, 0.25) is 0 Å². The Balaban J connectivity index is 1.94. The summed E-state index contributed by atoms with van der Waals surface area (Å²) in [5, 5.41) is 3.93. The lowest BCUT2D eigenvalue weighted by atomic mass is 9.79. The maximum Gasteiger partial charge on any atom is 0.0593 e. The van der Waals surface area contributed by atoms with Gasteiger partial charge in [-0.15, -0.1) is 0 Å². The van der Waals surface area contributed by atoms with Crippen LogP contribution in [0, 0.1) is 5.92 Å². The Morgan fingerprint density at radius 2 is 2.00 bits per heavy atom. The highest BCUT2D eigenvalue weighted by atomic mass is 16.5. The Morgan fingerprint density at radius 1 is 1.25 bits per heavy atom. The standard InChI is InChI=1S/C17H34N2O/c1-4-20-11-10-19-14-17(8-6-5-7-9-17)18-13-16(19)12-15(2)3/h15-16,18H,4-14H2,1-3H3. The molecule has 1 atom stereocenters. The molecule has 0 aromatic rings. The zero-order chi connectivity index (χ0) is 14.4. The van der Waals surface area contributed by atoms with Gasteiger partial charge >= 0.3 is 0 Å². The van der Waals surface area contributed by atoms with Crippen molar-refractivity contribution in [3.8, 4) is 0 Å². The molecule has 1 heterocycles. The molecule has 1 unspecified atom stereocenters. The van der Waals surface area contributed by atoms with E-state index in [2.05, 4.69) is 31.0 Å². The zero-order valence-electron chi connectivity index (χ0n) is 13.8. The third-order valence-electron chi connectivity index (χ3n) is 5.02. The Bertz CT molecular complexity index is 274. The van der Waals surface area contributed by atoms with Crippen LogP contribution in [0.3, 0.4) is 0 Å². The highest BCUT2D eigenvalue weighted by Crippen LogP contribution is 2.32. The molecule has 118 valence electrons. The van der Waals surface area contributed by atoms with Gasteiger partial charge in [0.25, 0.3) is 0 Å². The van der Waals surface area contributed by atoms with Crippen molar-refractivity contribution in [2.24, 2.45) is 5.92 Å². The third kappa shape index (κ3) is 4.44. The molecule has 0 aromatic heterocycles. The Labute approximate surface area is 125 Å². The normalized spacial score (nSPS) is 27.3. The van der Waals surface area contributed by atoms with Gasteiger partial charge in [-0.3, -0.25) is 4.90 Å². The number of nitrogens with zero attached hydrogens (tertiary/aromatic N) is 1. The van der Waals surface area contributed by atoms with E-state index in [-0.39, 0.29) is 0 Å². The maximum absolute atomic E-state index is 5.60. The second-order valence-corrected chi connectivity index (χ2v) is 7.17. The van der Waals surface area contributed by atoms with Crippen molar-refractivity contribution in [3.05, 3.63) is 0 Å². The minimum Gasteiger partial charge on any atom is -0.380 e. The van der Waals surface area contributed by atoms with Crippen LogP contribution >= 0.6 is 0 Å². The summed E-state index contributed by atoms with van der Waals surface area (Å²) >= 11 is 0. The molecular formula is C17H34N2O. The van der Waals surface area contributed by atoms with Crippen molar-refractivity contribution in [2.75, 3.05) is 32.8 Å². The van der Waals surface area contributed by atoms with E-state index < -0.39 is 0 Å². The minimum atomic E-state index is 0.415. The van der Waals surface area contributed by atoms with Gasteiger partial charge in [-0.2, -0.15) is 0 Å². The average molecular weight is 282 g/mol. The molecule has 1 aliphatic carbocycles. The first-order chi connectivity index (χ1) is 9.65. The molecule has 3 heteroatoms. The van der Waals surface area contributed by atoms with Crippen LogP contribution in [0.2, 0.25) is 0 Å². The zero-order valence-corrected chi connectivity index (χ0v) is 13.8. The quantitative estimate of drug-likeness (QED) is 0.758. The van der Waals surface area contributed by atoms with E-state index in [0.29, 0.717) is 11.6 Å². The van der Waals surface area contributed by atoms with Gasteiger partial charge in [-0.05, 0) is 32.1 Å². The highest BCUT2D eigenvalue weighted by Gasteiger charge is 2.39. The molecule has 0 radical (unpaired) electrons. The van der Waals surface area contributed by atoms with E-state index in [0.717, 1.165) is 25.7 Å². The van der Waals surface area contributed by atoms with Crippen LogP contribution in [-0.2, 0) is 4.74 Å². The smallest absolute Gasteiger partial charge is 0.0593 e. The molecule has 1 N–H and O–H groups in total. The van der Waals surface area contributed by atoms with Gasteiger partial charge in [-0.1, -0.05) is 33.1 Å². The van der Waals surface area contributed by atoms with E-state index in [1.807, 2.05) is 0 Å². The third-order valence-corrected chi connectivity index (χ3v) is 5.02. The molecule has 2 fully saturated rings. The molecule has 1 saturated heterocycles. The molecule has 1 spiro atoms. The monoisotopic (exact) mass is 282 g/mol. The lowest BCUT2D eigenvalue weighted by molar-refractivity contribution is 0.0230. The summed E-state index contributed by atoms with van der Waals surface area (Å²) in [4.78, 5) is 2.72. The van der Waals surface area contributed by atoms with Crippen molar-refractivity contribution in [1.82, 2.24) is 10.2 Å². The molecule has 1 saturated carbocycles. The van der Waals surface area contributed by atoms with Crippen LogP contribution in [-0.4, -0.2) is 49.3 Å².